The lowest BCUT2D eigenvalue weighted by atomic mass is 10.1. The Bertz CT molecular complexity index is 826. The first-order valence-corrected chi connectivity index (χ1v) is 9.53. The Labute approximate surface area is 157 Å². The standard InChI is InChI=1S/C20H23N3O2S/c1-20(2,19(24)21-13-6-10-17-11-7-15-26-17)25-18-12-14-23(22-18)16-8-4-3-5-9-16/h3-5,7-9,11-12,14-15H,6,10,13H2,1-2H3,(H,21,24). The van der Waals surface area contributed by atoms with Crippen molar-refractivity contribution in [3.8, 4) is 11.6 Å². The van der Waals surface area contributed by atoms with Crippen LogP contribution in [0.4, 0.5) is 0 Å². The lowest BCUT2D eigenvalue weighted by Crippen LogP contribution is -2.47. The van der Waals surface area contributed by atoms with Gasteiger partial charge in [-0.15, -0.1) is 16.4 Å². The molecule has 3 aromatic rings. The van der Waals surface area contributed by atoms with Gasteiger partial charge in [0.25, 0.3) is 5.91 Å². The van der Waals surface area contributed by atoms with Gasteiger partial charge in [0.1, 0.15) is 0 Å². The minimum absolute atomic E-state index is 0.141. The molecule has 2 heterocycles. The predicted molar refractivity (Wildman–Crippen MR) is 104 cm³/mol. The summed E-state index contributed by atoms with van der Waals surface area (Å²) in [6.45, 7) is 4.13. The van der Waals surface area contributed by atoms with E-state index in [0.29, 0.717) is 12.4 Å². The first-order valence-electron chi connectivity index (χ1n) is 8.65. The summed E-state index contributed by atoms with van der Waals surface area (Å²) in [5.41, 5.74) is -0.0445. The maximum Gasteiger partial charge on any atom is 0.263 e. The molecule has 136 valence electrons. The van der Waals surface area contributed by atoms with Crippen LogP contribution in [0.15, 0.2) is 60.1 Å². The third kappa shape index (κ3) is 4.73. The van der Waals surface area contributed by atoms with E-state index in [1.807, 2.05) is 42.6 Å². The van der Waals surface area contributed by atoms with E-state index in [0.717, 1.165) is 18.5 Å². The number of carbonyl (C=O) groups is 1. The summed E-state index contributed by atoms with van der Waals surface area (Å²) in [5, 5.41) is 9.41. The quantitative estimate of drug-likeness (QED) is 0.614. The Hall–Kier alpha value is -2.60. The normalized spacial score (nSPS) is 11.3. The molecular formula is C20H23N3O2S. The second kappa shape index (κ2) is 8.19. The average molecular weight is 369 g/mol. The molecule has 6 heteroatoms. The van der Waals surface area contributed by atoms with Crippen LogP contribution in [-0.2, 0) is 11.2 Å². The molecule has 0 aliphatic carbocycles. The van der Waals surface area contributed by atoms with E-state index >= 15 is 0 Å². The summed E-state index contributed by atoms with van der Waals surface area (Å²) in [6.07, 6.45) is 3.70. The lowest BCUT2D eigenvalue weighted by molar-refractivity contribution is -0.134. The fourth-order valence-electron chi connectivity index (χ4n) is 2.53. The van der Waals surface area contributed by atoms with Crippen molar-refractivity contribution >= 4 is 17.2 Å². The molecule has 0 bridgehead atoms. The number of para-hydroxylation sites is 1. The molecule has 2 aromatic heterocycles. The van der Waals surface area contributed by atoms with Gasteiger partial charge in [-0.2, -0.15) is 0 Å². The zero-order valence-corrected chi connectivity index (χ0v) is 15.8. The summed E-state index contributed by atoms with van der Waals surface area (Å²) in [7, 11) is 0. The average Bonchev–Trinajstić information content (AvgIpc) is 3.31. The molecule has 0 atom stereocenters. The number of carbonyl (C=O) groups excluding carboxylic acids is 1. The van der Waals surface area contributed by atoms with Gasteiger partial charge in [-0.25, -0.2) is 4.68 Å². The fourth-order valence-corrected chi connectivity index (χ4v) is 3.28. The minimum Gasteiger partial charge on any atom is -0.460 e. The number of hydrogen-bond donors (Lipinski definition) is 1. The summed E-state index contributed by atoms with van der Waals surface area (Å²) >= 11 is 1.74. The highest BCUT2D eigenvalue weighted by Gasteiger charge is 2.30. The van der Waals surface area contributed by atoms with Crippen molar-refractivity contribution < 1.29 is 9.53 Å². The molecule has 0 radical (unpaired) electrons. The highest BCUT2D eigenvalue weighted by atomic mass is 32.1. The van der Waals surface area contributed by atoms with E-state index in [-0.39, 0.29) is 5.91 Å². The van der Waals surface area contributed by atoms with Crippen LogP contribution in [0.5, 0.6) is 5.88 Å². The zero-order valence-electron chi connectivity index (χ0n) is 15.0. The molecule has 3 rings (SSSR count). The number of hydrogen-bond acceptors (Lipinski definition) is 4. The molecule has 5 nitrogen and oxygen atoms in total. The van der Waals surface area contributed by atoms with Gasteiger partial charge in [0.15, 0.2) is 5.60 Å². The Morgan fingerprint density at radius 3 is 2.73 bits per heavy atom. The molecule has 26 heavy (non-hydrogen) atoms. The number of aryl methyl sites for hydroxylation is 1. The van der Waals surface area contributed by atoms with Crippen LogP contribution >= 0.6 is 11.3 Å². The Kier molecular flexibility index (Phi) is 5.73. The summed E-state index contributed by atoms with van der Waals surface area (Å²) in [6, 6.07) is 15.7. The molecule has 0 unspecified atom stereocenters. The third-order valence-corrected chi connectivity index (χ3v) is 4.89. The molecule has 0 fully saturated rings. The third-order valence-electron chi connectivity index (χ3n) is 3.96. The van der Waals surface area contributed by atoms with E-state index in [1.54, 1.807) is 35.9 Å². The van der Waals surface area contributed by atoms with E-state index in [1.165, 1.54) is 4.88 Å². The molecule has 0 spiro atoms. The maximum atomic E-state index is 12.4. The topological polar surface area (TPSA) is 56.2 Å². The van der Waals surface area contributed by atoms with Crippen LogP contribution < -0.4 is 10.1 Å². The first kappa shape index (κ1) is 18.2. The van der Waals surface area contributed by atoms with Gasteiger partial charge in [0.05, 0.1) is 5.69 Å². The summed E-state index contributed by atoms with van der Waals surface area (Å²) < 4.78 is 7.55. The maximum absolute atomic E-state index is 12.4. The van der Waals surface area contributed by atoms with Crippen molar-refractivity contribution in [2.75, 3.05) is 6.54 Å². The summed E-state index contributed by atoms with van der Waals surface area (Å²) in [5.74, 6) is 0.283. The van der Waals surface area contributed by atoms with Crippen molar-refractivity contribution in [1.82, 2.24) is 15.1 Å². The fraction of sp³-hybridized carbons (Fsp3) is 0.300. The highest BCUT2D eigenvalue weighted by molar-refractivity contribution is 7.09. The molecule has 0 saturated heterocycles. The smallest absolute Gasteiger partial charge is 0.263 e. The molecule has 1 amide bonds. The van der Waals surface area contributed by atoms with Crippen molar-refractivity contribution in [3.05, 3.63) is 65.0 Å². The second-order valence-electron chi connectivity index (χ2n) is 6.49. The number of ether oxygens (including phenoxy) is 1. The van der Waals surface area contributed by atoms with Crippen LogP contribution in [-0.4, -0.2) is 27.8 Å². The van der Waals surface area contributed by atoms with Crippen molar-refractivity contribution in [1.29, 1.82) is 0 Å². The molecule has 1 aromatic carbocycles. The highest BCUT2D eigenvalue weighted by Crippen LogP contribution is 2.18. The SMILES string of the molecule is CC(C)(Oc1ccn(-c2ccccc2)n1)C(=O)NCCCc1cccs1. The van der Waals surface area contributed by atoms with Crippen LogP contribution in [0.2, 0.25) is 0 Å². The van der Waals surface area contributed by atoms with Gasteiger partial charge in [0, 0.05) is 23.7 Å². The number of nitrogens with one attached hydrogen (secondary N) is 1. The van der Waals surface area contributed by atoms with Gasteiger partial charge in [-0.05, 0) is 50.3 Å². The number of amides is 1. The second-order valence-corrected chi connectivity index (χ2v) is 7.52. The van der Waals surface area contributed by atoms with Crippen molar-refractivity contribution in [2.45, 2.75) is 32.3 Å². The van der Waals surface area contributed by atoms with Crippen LogP contribution in [0.25, 0.3) is 5.69 Å². The number of nitrogens with zero attached hydrogens (tertiary/aromatic N) is 2. The minimum atomic E-state index is -0.987. The van der Waals surface area contributed by atoms with Crippen LogP contribution in [0.1, 0.15) is 25.1 Å². The Morgan fingerprint density at radius 1 is 1.19 bits per heavy atom. The predicted octanol–water partition coefficient (Wildman–Crippen LogP) is 3.84. The lowest BCUT2D eigenvalue weighted by Gasteiger charge is -2.23. The van der Waals surface area contributed by atoms with E-state index < -0.39 is 5.60 Å². The number of benzene rings is 1. The number of thiophene rings is 1. The molecular weight excluding hydrogens is 346 g/mol. The van der Waals surface area contributed by atoms with E-state index in [2.05, 4.69) is 21.9 Å². The van der Waals surface area contributed by atoms with Gasteiger partial charge in [0.2, 0.25) is 5.88 Å². The van der Waals surface area contributed by atoms with Gasteiger partial charge < -0.3 is 10.1 Å². The molecule has 0 aliphatic heterocycles. The molecule has 0 saturated carbocycles. The van der Waals surface area contributed by atoms with Crippen molar-refractivity contribution in [2.24, 2.45) is 0 Å². The zero-order chi connectivity index (χ0) is 18.4. The van der Waals surface area contributed by atoms with Crippen LogP contribution in [0, 0.1) is 0 Å². The Morgan fingerprint density at radius 2 is 2.00 bits per heavy atom. The summed E-state index contributed by atoms with van der Waals surface area (Å²) in [4.78, 5) is 13.8. The Balaban J connectivity index is 1.51. The number of rotatable bonds is 8. The first-order chi connectivity index (χ1) is 12.5. The van der Waals surface area contributed by atoms with Gasteiger partial charge in [-0.3, -0.25) is 4.79 Å². The molecule has 1 N–H and O–H groups in total. The van der Waals surface area contributed by atoms with E-state index in [4.69, 9.17) is 4.74 Å². The van der Waals surface area contributed by atoms with Gasteiger partial charge >= 0.3 is 0 Å². The number of aromatic nitrogens is 2. The van der Waals surface area contributed by atoms with Gasteiger partial charge in [-0.1, -0.05) is 24.3 Å². The van der Waals surface area contributed by atoms with Crippen molar-refractivity contribution in [3.63, 3.8) is 0 Å². The van der Waals surface area contributed by atoms with E-state index in [9.17, 15) is 4.79 Å². The monoisotopic (exact) mass is 369 g/mol. The molecule has 0 aliphatic rings. The van der Waals surface area contributed by atoms with Crippen LogP contribution in [0.3, 0.4) is 0 Å². The largest absolute Gasteiger partial charge is 0.460 e.